The van der Waals surface area contributed by atoms with Crippen molar-refractivity contribution in [3.05, 3.63) is 83.2 Å². The second kappa shape index (κ2) is 7.31. The van der Waals surface area contributed by atoms with Gasteiger partial charge in [0.05, 0.1) is 17.6 Å². The van der Waals surface area contributed by atoms with Crippen LogP contribution in [0.25, 0.3) is 0 Å². The van der Waals surface area contributed by atoms with E-state index in [2.05, 4.69) is 15.6 Å². The molecule has 2 N–H and O–H groups in total. The third kappa shape index (κ3) is 3.85. The minimum Gasteiger partial charge on any atom is -0.354 e. The fourth-order valence-electron chi connectivity index (χ4n) is 2.42. The Bertz CT molecular complexity index is 956. The van der Waals surface area contributed by atoms with Crippen LogP contribution in [-0.2, 0) is 0 Å². The number of carbonyl (C=O) groups excluding carboxylic acids is 1. The first-order valence-electron chi connectivity index (χ1n) is 8.00. The maximum absolute atomic E-state index is 13.6. The predicted octanol–water partition coefficient (Wildman–Crippen LogP) is 4.97. The van der Waals surface area contributed by atoms with Gasteiger partial charge in [-0.1, -0.05) is 12.1 Å². The highest BCUT2D eigenvalue weighted by molar-refractivity contribution is 6.03. The van der Waals surface area contributed by atoms with Crippen LogP contribution in [0.2, 0.25) is 0 Å². The Hall–Kier alpha value is -3.28. The smallest absolute Gasteiger partial charge is 0.274 e. The fraction of sp³-hybridized carbons (Fsp3) is 0.100. The number of nitrogens with zero attached hydrogens (tertiary/aromatic N) is 1. The third-order valence-electron chi connectivity index (χ3n) is 4.06. The molecule has 1 amide bonds. The van der Waals surface area contributed by atoms with Gasteiger partial charge in [0, 0.05) is 11.8 Å². The molecule has 2 aromatic carbocycles. The molecule has 0 radical (unpaired) electrons. The SMILES string of the molecule is Cc1cccc(Nc2ccc(C(=O)Nc3ccc(F)cc3F)nc2)c1C. The van der Waals surface area contributed by atoms with E-state index in [-0.39, 0.29) is 11.4 Å². The monoisotopic (exact) mass is 353 g/mol. The summed E-state index contributed by atoms with van der Waals surface area (Å²) in [6.07, 6.45) is 1.53. The van der Waals surface area contributed by atoms with Crippen molar-refractivity contribution in [2.45, 2.75) is 13.8 Å². The lowest BCUT2D eigenvalue weighted by Crippen LogP contribution is -2.14. The average Bonchev–Trinajstić information content (AvgIpc) is 2.62. The van der Waals surface area contributed by atoms with Gasteiger partial charge in [0.2, 0.25) is 0 Å². The molecule has 0 aliphatic rings. The topological polar surface area (TPSA) is 54.0 Å². The maximum Gasteiger partial charge on any atom is 0.274 e. The van der Waals surface area contributed by atoms with Crippen molar-refractivity contribution in [2.24, 2.45) is 0 Å². The van der Waals surface area contributed by atoms with Crippen LogP contribution < -0.4 is 10.6 Å². The van der Waals surface area contributed by atoms with E-state index in [0.29, 0.717) is 6.07 Å². The molecule has 132 valence electrons. The maximum atomic E-state index is 13.6. The van der Waals surface area contributed by atoms with Crippen molar-refractivity contribution < 1.29 is 13.6 Å². The molecule has 0 fully saturated rings. The number of nitrogens with one attached hydrogen (secondary N) is 2. The summed E-state index contributed by atoms with van der Waals surface area (Å²) < 4.78 is 26.5. The molecule has 0 saturated carbocycles. The predicted molar refractivity (Wildman–Crippen MR) is 97.7 cm³/mol. The number of halogens is 2. The average molecular weight is 353 g/mol. The van der Waals surface area contributed by atoms with Crippen LogP contribution in [0.4, 0.5) is 25.8 Å². The molecule has 0 aliphatic carbocycles. The Morgan fingerprint density at radius 2 is 1.81 bits per heavy atom. The number of carbonyl (C=O) groups is 1. The van der Waals surface area contributed by atoms with Crippen molar-refractivity contribution in [1.82, 2.24) is 4.98 Å². The highest BCUT2D eigenvalue weighted by Crippen LogP contribution is 2.22. The van der Waals surface area contributed by atoms with Gasteiger partial charge in [0.1, 0.15) is 17.3 Å². The highest BCUT2D eigenvalue weighted by Gasteiger charge is 2.11. The standard InChI is InChI=1S/C20H17F2N3O/c1-12-4-3-5-17(13(12)2)24-15-7-9-19(23-11-15)20(26)25-18-8-6-14(21)10-16(18)22/h3-11,24H,1-2H3,(H,25,26). The lowest BCUT2D eigenvalue weighted by Gasteiger charge is -2.11. The number of pyridine rings is 1. The second-order valence-electron chi connectivity index (χ2n) is 5.88. The first-order chi connectivity index (χ1) is 12.4. The first kappa shape index (κ1) is 17.5. The van der Waals surface area contributed by atoms with Crippen molar-refractivity contribution in [3.8, 4) is 0 Å². The number of aryl methyl sites for hydroxylation is 1. The summed E-state index contributed by atoms with van der Waals surface area (Å²) in [5, 5.41) is 5.62. The number of benzene rings is 2. The summed E-state index contributed by atoms with van der Waals surface area (Å²) in [6, 6.07) is 12.1. The summed E-state index contributed by atoms with van der Waals surface area (Å²) in [6.45, 7) is 4.05. The number of aromatic nitrogens is 1. The van der Waals surface area contributed by atoms with Crippen LogP contribution in [0.1, 0.15) is 21.6 Å². The molecule has 26 heavy (non-hydrogen) atoms. The van der Waals surface area contributed by atoms with Crippen molar-refractivity contribution >= 4 is 23.0 Å². The minimum absolute atomic E-state index is 0.101. The molecule has 0 aliphatic heterocycles. The number of amides is 1. The van der Waals surface area contributed by atoms with E-state index in [0.717, 1.165) is 23.0 Å². The van der Waals surface area contributed by atoms with Gasteiger partial charge < -0.3 is 10.6 Å². The molecule has 4 nitrogen and oxygen atoms in total. The largest absolute Gasteiger partial charge is 0.354 e. The van der Waals surface area contributed by atoms with E-state index in [1.807, 2.05) is 32.0 Å². The Kier molecular flexibility index (Phi) is 4.93. The van der Waals surface area contributed by atoms with Crippen LogP contribution in [0.15, 0.2) is 54.7 Å². The van der Waals surface area contributed by atoms with Crippen molar-refractivity contribution in [2.75, 3.05) is 10.6 Å². The molecule has 0 saturated heterocycles. The van der Waals surface area contributed by atoms with E-state index in [9.17, 15) is 13.6 Å². The van der Waals surface area contributed by atoms with Gasteiger partial charge >= 0.3 is 0 Å². The molecule has 0 bridgehead atoms. The molecule has 0 unspecified atom stereocenters. The van der Waals surface area contributed by atoms with E-state index < -0.39 is 17.5 Å². The molecule has 6 heteroatoms. The van der Waals surface area contributed by atoms with E-state index >= 15 is 0 Å². The zero-order valence-electron chi connectivity index (χ0n) is 14.3. The van der Waals surface area contributed by atoms with Crippen molar-refractivity contribution in [3.63, 3.8) is 0 Å². The van der Waals surface area contributed by atoms with Crippen LogP contribution >= 0.6 is 0 Å². The quantitative estimate of drug-likeness (QED) is 0.696. The molecule has 0 spiro atoms. The number of hydrogen-bond donors (Lipinski definition) is 2. The zero-order valence-corrected chi connectivity index (χ0v) is 14.3. The summed E-state index contributed by atoms with van der Waals surface area (Å²) in [4.78, 5) is 16.3. The van der Waals surface area contributed by atoms with Gasteiger partial charge in [0.25, 0.3) is 5.91 Å². The molecule has 1 aromatic heterocycles. The number of hydrogen-bond acceptors (Lipinski definition) is 3. The molecule has 0 atom stereocenters. The van der Waals surface area contributed by atoms with E-state index in [1.54, 1.807) is 6.07 Å². The number of anilines is 3. The van der Waals surface area contributed by atoms with Gasteiger partial charge in [-0.3, -0.25) is 4.79 Å². The summed E-state index contributed by atoms with van der Waals surface area (Å²) >= 11 is 0. The third-order valence-corrected chi connectivity index (χ3v) is 4.06. The Morgan fingerprint density at radius 1 is 1.00 bits per heavy atom. The van der Waals surface area contributed by atoms with Crippen LogP contribution in [-0.4, -0.2) is 10.9 Å². The summed E-state index contributed by atoms with van der Waals surface area (Å²) in [7, 11) is 0. The normalized spacial score (nSPS) is 10.5. The Morgan fingerprint density at radius 3 is 2.50 bits per heavy atom. The second-order valence-corrected chi connectivity index (χ2v) is 5.88. The zero-order chi connectivity index (χ0) is 18.7. The van der Waals surface area contributed by atoms with Gasteiger partial charge in [-0.2, -0.15) is 0 Å². The molecule has 3 aromatic rings. The van der Waals surface area contributed by atoms with Crippen LogP contribution in [0.5, 0.6) is 0 Å². The number of rotatable bonds is 4. The van der Waals surface area contributed by atoms with Gasteiger partial charge in [0.15, 0.2) is 0 Å². The molecule has 3 rings (SSSR count). The van der Waals surface area contributed by atoms with Gasteiger partial charge in [-0.05, 0) is 55.3 Å². The summed E-state index contributed by atoms with van der Waals surface area (Å²) in [5.41, 5.74) is 4.00. The van der Waals surface area contributed by atoms with Crippen molar-refractivity contribution in [1.29, 1.82) is 0 Å². The fourth-order valence-corrected chi connectivity index (χ4v) is 2.42. The molecular formula is C20H17F2N3O. The highest BCUT2D eigenvalue weighted by atomic mass is 19.1. The van der Waals surface area contributed by atoms with E-state index in [4.69, 9.17) is 0 Å². The first-order valence-corrected chi connectivity index (χ1v) is 8.00. The summed E-state index contributed by atoms with van der Waals surface area (Å²) in [5.74, 6) is -2.12. The Balaban J connectivity index is 1.72. The molecular weight excluding hydrogens is 336 g/mol. The Labute approximate surface area is 149 Å². The lowest BCUT2D eigenvalue weighted by atomic mass is 10.1. The van der Waals surface area contributed by atoms with Gasteiger partial charge in [-0.15, -0.1) is 0 Å². The van der Waals surface area contributed by atoms with E-state index in [1.165, 1.54) is 23.9 Å². The van der Waals surface area contributed by atoms with Gasteiger partial charge in [-0.25, -0.2) is 13.8 Å². The lowest BCUT2D eigenvalue weighted by molar-refractivity contribution is 0.102. The molecule has 1 heterocycles. The minimum atomic E-state index is -0.841. The van der Waals surface area contributed by atoms with Crippen LogP contribution in [0, 0.1) is 25.5 Å². The van der Waals surface area contributed by atoms with Crippen LogP contribution in [0.3, 0.4) is 0 Å².